The number of hydrogen-bond donors (Lipinski definition) is 2. The topological polar surface area (TPSA) is 59.3 Å². The molecule has 5 heteroatoms. The largest absolute Gasteiger partial charge is 0.481 e. The number of rotatable bonds is 8. The Bertz CT molecular complexity index is 404. The first-order valence-corrected chi connectivity index (χ1v) is 6.96. The molecular formula is C14H27N3O2. The Hall–Kier alpha value is -1.07. The van der Waals surface area contributed by atoms with E-state index in [0.717, 1.165) is 36.4 Å². The average molecular weight is 269 g/mol. The van der Waals surface area contributed by atoms with E-state index in [1.807, 2.05) is 14.0 Å². The van der Waals surface area contributed by atoms with E-state index in [1.165, 1.54) is 0 Å². The molecule has 0 saturated heterocycles. The molecule has 0 aliphatic carbocycles. The minimum Gasteiger partial charge on any atom is -0.481 e. The van der Waals surface area contributed by atoms with Gasteiger partial charge in [0.2, 0.25) is 5.88 Å². The quantitative estimate of drug-likeness (QED) is 0.753. The lowest BCUT2D eigenvalue weighted by Gasteiger charge is -2.28. The SMILES string of the molecule is CCCC(C)(CO)NCc1c(CC)nn(C)c1OC. The first-order valence-electron chi connectivity index (χ1n) is 6.96. The Morgan fingerprint density at radius 2 is 2.11 bits per heavy atom. The van der Waals surface area contributed by atoms with Crippen LogP contribution in [-0.2, 0) is 20.0 Å². The number of methoxy groups -OCH3 is 1. The zero-order valence-electron chi connectivity index (χ0n) is 12.8. The maximum absolute atomic E-state index is 9.54. The zero-order chi connectivity index (χ0) is 14.5. The summed E-state index contributed by atoms with van der Waals surface area (Å²) in [5, 5.41) is 17.4. The molecule has 110 valence electrons. The summed E-state index contributed by atoms with van der Waals surface area (Å²) < 4.78 is 7.19. The van der Waals surface area contributed by atoms with Gasteiger partial charge in [0.1, 0.15) is 0 Å². The van der Waals surface area contributed by atoms with Gasteiger partial charge in [-0.2, -0.15) is 5.10 Å². The summed E-state index contributed by atoms with van der Waals surface area (Å²) in [6.45, 7) is 7.05. The lowest BCUT2D eigenvalue weighted by Crippen LogP contribution is -2.45. The summed E-state index contributed by atoms with van der Waals surface area (Å²) >= 11 is 0. The average Bonchev–Trinajstić information content (AvgIpc) is 2.72. The summed E-state index contributed by atoms with van der Waals surface area (Å²) in [5.74, 6) is 0.793. The van der Waals surface area contributed by atoms with Crippen LogP contribution in [0, 0.1) is 0 Å². The van der Waals surface area contributed by atoms with Crippen molar-refractivity contribution in [1.29, 1.82) is 0 Å². The van der Waals surface area contributed by atoms with Crippen LogP contribution in [0.1, 0.15) is 44.9 Å². The van der Waals surface area contributed by atoms with E-state index in [4.69, 9.17) is 4.74 Å². The predicted octanol–water partition coefficient (Wildman–Crippen LogP) is 1.63. The van der Waals surface area contributed by atoms with Crippen LogP contribution in [0.5, 0.6) is 5.88 Å². The van der Waals surface area contributed by atoms with Crippen molar-refractivity contribution in [2.24, 2.45) is 7.05 Å². The molecule has 2 N–H and O–H groups in total. The second-order valence-corrected chi connectivity index (χ2v) is 5.23. The molecule has 1 atom stereocenters. The summed E-state index contributed by atoms with van der Waals surface area (Å²) in [4.78, 5) is 0. The van der Waals surface area contributed by atoms with E-state index < -0.39 is 0 Å². The molecule has 1 aromatic rings. The highest BCUT2D eigenvalue weighted by Crippen LogP contribution is 2.23. The second kappa shape index (κ2) is 6.91. The van der Waals surface area contributed by atoms with Gasteiger partial charge in [-0.05, 0) is 19.8 Å². The van der Waals surface area contributed by atoms with Crippen molar-refractivity contribution < 1.29 is 9.84 Å². The normalized spacial score (nSPS) is 14.4. The number of aliphatic hydroxyl groups excluding tert-OH is 1. The van der Waals surface area contributed by atoms with Gasteiger partial charge < -0.3 is 15.2 Å². The first kappa shape index (κ1) is 16.0. The minimum atomic E-state index is -0.249. The van der Waals surface area contributed by atoms with E-state index in [-0.39, 0.29) is 12.1 Å². The number of aromatic nitrogens is 2. The fourth-order valence-electron chi connectivity index (χ4n) is 2.40. The van der Waals surface area contributed by atoms with Crippen LogP contribution in [0.3, 0.4) is 0 Å². The summed E-state index contributed by atoms with van der Waals surface area (Å²) in [6, 6.07) is 0. The van der Waals surface area contributed by atoms with Crippen molar-refractivity contribution in [3.8, 4) is 5.88 Å². The Morgan fingerprint density at radius 1 is 1.42 bits per heavy atom. The van der Waals surface area contributed by atoms with Crippen LogP contribution >= 0.6 is 0 Å². The van der Waals surface area contributed by atoms with Crippen molar-refractivity contribution in [2.45, 2.75) is 52.1 Å². The van der Waals surface area contributed by atoms with Gasteiger partial charge >= 0.3 is 0 Å². The molecule has 0 fully saturated rings. The lowest BCUT2D eigenvalue weighted by molar-refractivity contribution is 0.163. The van der Waals surface area contributed by atoms with Crippen LogP contribution in [0.4, 0.5) is 0 Å². The van der Waals surface area contributed by atoms with E-state index >= 15 is 0 Å². The smallest absolute Gasteiger partial charge is 0.216 e. The van der Waals surface area contributed by atoms with Gasteiger partial charge in [0.05, 0.1) is 25.0 Å². The second-order valence-electron chi connectivity index (χ2n) is 5.23. The number of hydrogen-bond acceptors (Lipinski definition) is 4. The minimum absolute atomic E-state index is 0.130. The molecule has 0 aliphatic heterocycles. The Balaban J connectivity index is 2.87. The van der Waals surface area contributed by atoms with Crippen molar-refractivity contribution in [3.63, 3.8) is 0 Å². The van der Waals surface area contributed by atoms with Crippen molar-refractivity contribution in [3.05, 3.63) is 11.3 Å². The number of aliphatic hydroxyl groups is 1. The van der Waals surface area contributed by atoms with Crippen molar-refractivity contribution >= 4 is 0 Å². The highest BCUT2D eigenvalue weighted by molar-refractivity contribution is 5.31. The van der Waals surface area contributed by atoms with E-state index in [9.17, 15) is 5.11 Å². The highest BCUT2D eigenvalue weighted by atomic mass is 16.5. The van der Waals surface area contributed by atoms with E-state index in [2.05, 4.69) is 24.3 Å². The zero-order valence-corrected chi connectivity index (χ0v) is 12.8. The van der Waals surface area contributed by atoms with Gasteiger partial charge in [0, 0.05) is 19.1 Å². The third kappa shape index (κ3) is 3.70. The van der Waals surface area contributed by atoms with Crippen LogP contribution in [-0.4, -0.2) is 34.1 Å². The summed E-state index contributed by atoms with van der Waals surface area (Å²) in [6.07, 6.45) is 2.85. The van der Waals surface area contributed by atoms with Crippen LogP contribution < -0.4 is 10.1 Å². The van der Waals surface area contributed by atoms with Crippen LogP contribution in [0.25, 0.3) is 0 Å². The fraction of sp³-hybridized carbons (Fsp3) is 0.786. The summed E-state index contributed by atoms with van der Waals surface area (Å²) in [5.41, 5.74) is 1.88. The molecule has 1 rings (SSSR count). The third-order valence-electron chi connectivity index (χ3n) is 3.54. The Morgan fingerprint density at radius 3 is 2.58 bits per heavy atom. The predicted molar refractivity (Wildman–Crippen MR) is 76.4 cm³/mol. The fourth-order valence-corrected chi connectivity index (χ4v) is 2.40. The van der Waals surface area contributed by atoms with Crippen LogP contribution in [0.15, 0.2) is 0 Å². The van der Waals surface area contributed by atoms with Gasteiger partial charge in [0.25, 0.3) is 0 Å². The maximum atomic E-state index is 9.54. The molecular weight excluding hydrogens is 242 g/mol. The number of aryl methyl sites for hydroxylation is 2. The first-order chi connectivity index (χ1) is 9.01. The molecule has 0 spiro atoms. The van der Waals surface area contributed by atoms with Crippen molar-refractivity contribution in [1.82, 2.24) is 15.1 Å². The molecule has 1 unspecified atom stereocenters. The lowest BCUT2D eigenvalue weighted by atomic mass is 9.97. The van der Waals surface area contributed by atoms with Gasteiger partial charge in [-0.15, -0.1) is 0 Å². The maximum Gasteiger partial charge on any atom is 0.216 e. The highest BCUT2D eigenvalue weighted by Gasteiger charge is 2.24. The standard InChI is InChI=1S/C14H27N3O2/c1-6-8-14(3,10-18)15-9-11-12(7-2)16-17(4)13(11)19-5/h15,18H,6-10H2,1-5H3. The van der Waals surface area contributed by atoms with Crippen molar-refractivity contribution in [2.75, 3.05) is 13.7 Å². The molecule has 1 aromatic heterocycles. The Kier molecular flexibility index (Phi) is 5.82. The van der Waals surface area contributed by atoms with E-state index in [1.54, 1.807) is 11.8 Å². The van der Waals surface area contributed by atoms with Gasteiger partial charge in [-0.25, -0.2) is 4.68 Å². The molecule has 5 nitrogen and oxygen atoms in total. The number of nitrogens with zero attached hydrogens (tertiary/aromatic N) is 2. The molecule has 0 radical (unpaired) electrons. The summed E-state index contributed by atoms with van der Waals surface area (Å²) in [7, 11) is 3.55. The van der Waals surface area contributed by atoms with Crippen LogP contribution in [0.2, 0.25) is 0 Å². The Labute approximate surface area is 116 Å². The molecule has 0 aromatic carbocycles. The third-order valence-corrected chi connectivity index (χ3v) is 3.54. The number of ether oxygens (including phenoxy) is 1. The molecule has 0 aliphatic rings. The molecule has 0 amide bonds. The van der Waals surface area contributed by atoms with Gasteiger partial charge in [0.15, 0.2) is 0 Å². The molecule has 19 heavy (non-hydrogen) atoms. The number of nitrogens with one attached hydrogen (secondary N) is 1. The van der Waals surface area contributed by atoms with Gasteiger partial charge in [-0.1, -0.05) is 20.3 Å². The molecule has 1 heterocycles. The van der Waals surface area contributed by atoms with E-state index in [0.29, 0.717) is 6.54 Å². The molecule has 0 bridgehead atoms. The van der Waals surface area contributed by atoms with Gasteiger partial charge in [-0.3, -0.25) is 0 Å². The molecule has 0 saturated carbocycles. The monoisotopic (exact) mass is 269 g/mol.